The van der Waals surface area contributed by atoms with E-state index >= 15 is 0 Å². The van der Waals surface area contributed by atoms with Crippen LogP contribution in [0, 0.1) is 12.8 Å². The second-order valence-electron chi connectivity index (χ2n) is 4.97. The number of aromatic hydroxyl groups is 1. The van der Waals surface area contributed by atoms with Crippen molar-refractivity contribution in [3.63, 3.8) is 0 Å². The fraction of sp³-hybridized carbons (Fsp3) is 0.500. The van der Waals surface area contributed by atoms with Gasteiger partial charge in [-0.15, -0.1) is 0 Å². The molecule has 4 nitrogen and oxygen atoms in total. The average molecular weight is 249 g/mol. The van der Waals surface area contributed by atoms with E-state index in [1.54, 1.807) is 19.1 Å². The molecule has 1 aliphatic carbocycles. The quantitative estimate of drug-likeness (QED) is 0.762. The number of phenols is 1. The lowest BCUT2D eigenvalue weighted by Gasteiger charge is -2.15. The van der Waals surface area contributed by atoms with Crippen molar-refractivity contribution in [2.45, 2.75) is 32.3 Å². The zero-order chi connectivity index (χ0) is 13.1. The fourth-order valence-electron chi connectivity index (χ4n) is 2.38. The molecule has 1 aromatic carbocycles. The molecule has 0 heterocycles. The van der Waals surface area contributed by atoms with Crippen LogP contribution in [0.2, 0.25) is 0 Å². The first-order valence-electron chi connectivity index (χ1n) is 6.34. The van der Waals surface area contributed by atoms with E-state index in [2.05, 4.69) is 5.32 Å². The number of aryl methyl sites for hydroxylation is 1. The Morgan fingerprint density at radius 2 is 2.22 bits per heavy atom. The van der Waals surface area contributed by atoms with Crippen molar-refractivity contribution in [1.29, 1.82) is 0 Å². The number of nitrogens with one attached hydrogen (secondary N) is 1. The zero-order valence-corrected chi connectivity index (χ0v) is 10.5. The first-order chi connectivity index (χ1) is 8.58. The molecule has 1 aliphatic rings. The molecule has 0 spiro atoms. The van der Waals surface area contributed by atoms with Gasteiger partial charge in [0.15, 0.2) is 0 Å². The first-order valence-corrected chi connectivity index (χ1v) is 6.34. The van der Waals surface area contributed by atoms with Crippen LogP contribution >= 0.6 is 0 Å². The lowest BCUT2D eigenvalue weighted by atomic mass is 10.1. The van der Waals surface area contributed by atoms with Crippen molar-refractivity contribution >= 4 is 5.91 Å². The van der Waals surface area contributed by atoms with Crippen LogP contribution in [0.4, 0.5) is 0 Å². The molecule has 0 bridgehead atoms. The Hall–Kier alpha value is -1.55. The smallest absolute Gasteiger partial charge is 0.251 e. The van der Waals surface area contributed by atoms with Crippen LogP contribution in [0.1, 0.15) is 35.2 Å². The van der Waals surface area contributed by atoms with Gasteiger partial charge in [0, 0.05) is 18.0 Å². The molecule has 0 aromatic heterocycles. The predicted molar refractivity (Wildman–Crippen MR) is 68.5 cm³/mol. The summed E-state index contributed by atoms with van der Waals surface area (Å²) in [5, 5.41) is 21.9. The Balaban J connectivity index is 1.93. The van der Waals surface area contributed by atoms with Crippen molar-refractivity contribution in [2.75, 3.05) is 6.54 Å². The van der Waals surface area contributed by atoms with Crippen molar-refractivity contribution in [3.8, 4) is 5.75 Å². The van der Waals surface area contributed by atoms with Gasteiger partial charge in [-0.1, -0.05) is 6.42 Å². The summed E-state index contributed by atoms with van der Waals surface area (Å²) in [7, 11) is 0. The molecular weight excluding hydrogens is 230 g/mol. The third-order valence-corrected chi connectivity index (χ3v) is 3.60. The Morgan fingerprint density at radius 3 is 2.83 bits per heavy atom. The molecule has 0 aliphatic heterocycles. The Kier molecular flexibility index (Phi) is 3.87. The summed E-state index contributed by atoms with van der Waals surface area (Å²) in [5.41, 5.74) is 1.22. The molecule has 2 unspecified atom stereocenters. The summed E-state index contributed by atoms with van der Waals surface area (Å²) in [6, 6.07) is 4.78. The molecule has 0 radical (unpaired) electrons. The van der Waals surface area contributed by atoms with Crippen molar-refractivity contribution in [2.24, 2.45) is 5.92 Å². The van der Waals surface area contributed by atoms with E-state index in [9.17, 15) is 15.0 Å². The van der Waals surface area contributed by atoms with Crippen molar-refractivity contribution in [3.05, 3.63) is 29.3 Å². The fourth-order valence-corrected chi connectivity index (χ4v) is 2.38. The molecule has 3 N–H and O–H groups in total. The summed E-state index contributed by atoms with van der Waals surface area (Å²) in [5.74, 6) is 0.210. The molecule has 1 fully saturated rings. The molecular formula is C14H19NO3. The number of hydrogen-bond acceptors (Lipinski definition) is 3. The number of carbonyl (C=O) groups excluding carboxylic acids is 1. The van der Waals surface area contributed by atoms with Crippen LogP contribution in [-0.2, 0) is 0 Å². The molecule has 4 heteroatoms. The summed E-state index contributed by atoms with van der Waals surface area (Å²) in [6.45, 7) is 2.27. The van der Waals surface area contributed by atoms with Gasteiger partial charge in [0.25, 0.3) is 5.91 Å². The molecule has 0 saturated heterocycles. The molecule has 2 rings (SSSR count). The van der Waals surface area contributed by atoms with Crippen LogP contribution in [0.5, 0.6) is 5.75 Å². The number of phenolic OH excluding ortho intramolecular Hbond substituents is 1. The average Bonchev–Trinajstić information content (AvgIpc) is 2.75. The van der Waals surface area contributed by atoms with E-state index in [4.69, 9.17) is 0 Å². The maximum Gasteiger partial charge on any atom is 0.251 e. The highest BCUT2D eigenvalue weighted by Crippen LogP contribution is 2.24. The third-order valence-electron chi connectivity index (χ3n) is 3.60. The van der Waals surface area contributed by atoms with Gasteiger partial charge in [-0.2, -0.15) is 0 Å². The van der Waals surface area contributed by atoms with Crippen LogP contribution in [0.25, 0.3) is 0 Å². The van der Waals surface area contributed by atoms with Gasteiger partial charge in [-0.25, -0.2) is 0 Å². The van der Waals surface area contributed by atoms with Crippen molar-refractivity contribution < 1.29 is 15.0 Å². The van der Waals surface area contributed by atoms with E-state index in [-0.39, 0.29) is 23.7 Å². The van der Waals surface area contributed by atoms with E-state index in [1.807, 2.05) is 0 Å². The highest BCUT2D eigenvalue weighted by molar-refractivity contribution is 5.94. The van der Waals surface area contributed by atoms with Crippen molar-refractivity contribution in [1.82, 2.24) is 5.32 Å². The summed E-state index contributed by atoms with van der Waals surface area (Å²) in [4.78, 5) is 11.9. The Morgan fingerprint density at radius 1 is 1.44 bits per heavy atom. The van der Waals surface area contributed by atoms with E-state index in [0.717, 1.165) is 19.3 Å². The molecule has 98 valence electrons. The second kappa shape index (κ2) is 5.40. The number of hydrogen-bond donors (Lipinski definition) is 3. The number of rotatable bonds is 3. The lowest BCUT2D eigenvalue weighted by molar-refractivity contribution is 0.0916. The standard InChI is InChI=1S/C14H19NO3/c1-9-7-10(5-6-12(9)16)14(18)15-8-11-3-2-4-13(11)17/h5-7,11,13,16-17H,2-4,8H2,1H3,(H,15,18). The minimum Gasteiger partial charge on any atom is -0.508 e. The third kappa shape index (κ3) is 2.82. The lowest BCUT2D eigenvalue weighted by Crippen LogP contribution is -2.32. The van der Waals surface area contributed by atoms with E-state index in [1.165, 1.54) is 6.07 Å². The minimum absolute atomic E-state index is 0.155. The minimum atomic E-state index is -0.285. The topological polar surface area (TPSA) is 69.6 Å². The van der Waals surface area contributed by atoms with Gasteiger partial charge < -0.3 is 15.5 Å². The maximum absolute atomic E-state index is 11.9. The molecule has 2 atom stereocenters. The van der Waals surface area contributed by atoms with Gasteiger partial charge in [-0.05, 0) is 43.5 Å². The predicted octanol–water partition coefficient (Wildman–Crippen LogP) is 1.59. The molecule has 1 amide bonds. The summed E-state index contributed by atoms with van der Waals surface area (Å²) >= 11 is 0. The number of carbonyl (C=O) groups is 1. The zero-order valence-electron chi connectivity index (χ0n) is 10.5. The number of aliphatic hydroxyl groups is 1. The van der Waals surface area contributed by atoms with Gasteiger partial charge in [0.2, 0.25) is 0 Å². The van der Waals surface area contributed by atoms with Gasteiger partial charge in [-0.3, -0.25) is 4.79 Å². The van der Waals surface area contributed by atoms with E-state index in [0.29, 0.717) is 17.7 Å². The number of aliphatic hydroxyl groups excluding tert-OH is 1. The monoisotopic (exact) mass is 249 g/mol. The van der Waals surface area contributed by atoms with Crippen LogP contribution in [0.15, 0.2) is 18.2 Å². The SMILES string of the molecule is Cc1cc(C(=O)NCC2CCCC2O)ccc1O. The summed E-state index contributed by atoms with van der Waals surface area (Å²) in [6.07, 6.45) is 2.54. The molecule has 1 aromatic rings. The maximum atomic E-state index is 11.9. The highest BCUT2D eigenvalue weighted by atomic mass is 16.3. The van der Waals surface area contributed by atoms with Crippen LogP contribution in [0.3, 0.4) is 0 Å². The first kappa shape index (κ1) is 12.9. The highest BCUT2D eigenvalue weighted by Gasteiger charge is 2.25. The van der Waals surface area contributed by atoms with Gasteiger partial charge >= 0.3 is 0 Å². The molecule has 1 saturated carbocycles. The normalized spacial score (nSPS) is 23.0. The van der Waals surface area contributed by atoms with Crippen LogP contribution in [-0.4, -0.2) is 28.8 Å². The Labute approximate surface area is 107 Å². The van der Waals surface area contributed by atoms with Gasteiger partial charge in [0.05, 0.1) is 6.10 Å². The second-order valence-corrected chi connectivity index (χ2v) is 4.97. The number of benzene rings is 1. The number of amides is 1. The largest absolute Gasteiger partial charge is 0.508 e. The molecule has 18 heavy (non-hydrogen) atoms. The summed E-state index contributed by atoms with van der Waals surface area (Å²) < 4.78 is 0. The van der Waals surface area contributed by atoms with Crippen LogP contribution < -0.4 is 5.32 Å². The van der Waals surface area contributed by atoms with Gasteiger partial charge in [0.1, 0.15) is 5.75 Å². The Bertz CT molecular complexity index is 445. The van der Waals surface area contributed by atoms with E-state index < -0.39 is 0 Å².